The van der Waals surface area contributed by atoms with Crippen molar-refractivity contribution >= 4 is 0 Å². The third-order valence-corrected chi connectivity index (χ3v) is 3.01. The van der Waals surface area contributed by atoms with Crippen molar-refractivity contribution < 1.29 is 9.47 Å². The Kier molecular flexibility index (Phi) is 8.77. The largest absolute Gasteiger partial charge is 0.379 e. The monoisotopic (exact) mass is 229 g/mol. The molecule has 0 saturated carbocycles. The lowest BCUT2D eigenvalue weighted by molar-refractivity contribution is 0.0396. The van der Waals surface area contributed by atoms with Crippen LogP contribution in [0.25, 0.3) is 0 Å². The van der Waals surface area contributed by atoms with Gasteiger partial charge in [0.1, 0.15) is 0 Å². The quantitative estimate of drug-likeness (QED) is 0.537. The first kappa shape index (κ1) is 13.9. The van der Waals surface area contributed by atoms with Gasteiger partial charge in [-0.05, 0) is 32.4 Å². The standard InChI is InChI=1S/C13H27NO2/c1-2-3-6-10-15-12-13-16-11-9-14-7-4-5-8-14/h2-13H2,1H3. The van der Waals surface area contributed by atoms with Gasteiger partial charge in [-0.15, -0.1) is 0 Å². The van der Waals surface area contributed by atoms with Crippen LogP contribution in [0.4, 0.5) is 0 Å². The van der Waals surface area contributed by atoms with Gasteiger partial charge in [-0.25, -0.2) is 0 Å². The zero-order chi connectivity index (χ0) is 11.5. The van der Waals surface area contributed by atoms with Gasteiger partial charge in [0.25, 0.3) is 0 Å². The molecule has 3 heteroatoms. The molecule has 0 N–H and O–H groups in total. The molecule has 0 aromatic carbocycles. The molecule has 0 unspecified atom stereocenters. The molecule has 0 aromatic heterocycles. The summed E-state index contributed by atoms with van der Waals surface area (Å²) in [6.07, 6.45) is 6.44. The van der Waals surface area contributed by atoms with Gasteiger partial charge in [0, 0.05) is 13.2 Å². The summed E-state index contributed by atoms with van der Waals surface area (Å²) in [4.78, 5) is 2.47. The van der Waals surface area contributed by atoms with E-state index in [2.05, 4.69) is 11.8 Å². The molecular formula is C13H27NO2. The summed E-state index contributed by atoms with van der Waals surface area (Å²) in [6, 6.07) is 0. The van der Waals surface area contributed by atoms with Gasteiger partial charge in [-0.1, -0.05) is 19.8 Å². The maximum absolute atomic E-state index is 5.54. The molecule has 0 radical (unpaired) electrons. The van der Waals surface area contributed by atoms with Crippen LogP contribution in [-0.4, -0.2) is 51.0 Å². The zero-order valence-electron chi connectivity index (χ0n) is 10.7. The summed E-state index contributed by atoms with van der Waals surface area (Å²) in [5.74, 6) is 0. The first-order chi connectivity index (χ1) is 7.93. The predicted octanol–water partition coefficient (Wildman–Crippen LogP) is 2.31. The smallest absolute Gasteiger partial charge is 0.0701 e. The Morgan fingerprint density at radius 3 is 2.25 bits per heavy atom. The molecular weight excluding hydrogens is 202 g/mol. The predicted molar refractivity (Wildman–Crippen MR) is 66.8 cm³/mol. The zero-order valence-corrected chi connectivity index (χ0v) is 10.7. The minimum Gasteiger partial charge on any atom is -0.379 e. The molecule has 16 heavy (non-hydrogen) atoms. The number of likely N-dealkylation sites (tertiary alicyclic amines) is 1. The van der Waals surface area contributed by atoms with Crippen LogP contribution < -0.4 is 0 Å². The second kappa shape index (κ2) is 10.1. The second-order valence-electron chi connectivity index (χ2n) is 4.48. The molecule has 0 amide bonds. The van der Waals surface area contributed by atoms with Crippen LogP contribution in [0.3, 0.4) is 0 Å². The lowest BCUT2D eigenvalue weighted by Crippen LogP contribution is -2.24. The van der Waals surface area contributed by atoms with Crippen molar-refractivity contribution in [3.63, 3.8) is 0 Å². The minimum absolute atomic E-state index is 0.750. The average Bonchev–Trinajstić information content (AvgIpc) is 2.80. The van der Waals surface area contributed by atoms with Gasteiger partial charge in [-0.2, -0.15) is 0 Å². The molecule has 0 atom stereocenters. The van der Waals surface area contributed by atoms with Crippen molar-refractivity contribution in [2.75, 3.05) is 46.1 Å². The number of unbranched alkanes of at least 4 members (excludes halogenated alkanes) is 2. The molecule has 0 aliphatic carbocycles. The summed E-state index contributed by atoms with van der Waals surface area (Å²) in [6.45, 7) is 9.08. The molecule has 0 bridgehead atoms. The fourth-order valence-corrected chi connectivity index (χ4v) is 1.98. The molecule has 0 spiro atoms. The molecule has 1 rings (SSSR count). The van der Waals surface area contributed by atoms with Gasteiger partial charge in [0.05, 0.1) is 19.8 Å². The van der Waals surface area contributed by atoms with E-state index in [4.69, 9.17) is 9.47 Å². The number of nitrogens with zero attached hydrogens (tertiary/aromatic N) is 1. The Morgan fingerprint density at radius 2 is 1.56 bits per heavy atom. The van der Waals surface area contributed by atoms with E-state index in [0.29, 0.717) is 0 Å². The van der Waals surface area contributed by atoms with E-state index < -0.39 is 0 Å². The molecule has 0 aromatic rings. The average molecular weight is 229 g/mol. The van der Waals surface area contributed by atoms with E-state index in [1.54, 1.807) is 0 Å². The van der Waals surface area contributed by atoms with Crippen LogP contribution in [0.15, 0.2) is 0 Å². The normalized spacial score (nSPS) is 17.1. The molecule has 1 aliphatic rings. The van der Waals surface area contributed by atoms with Crippen LogP contribution in [0.5, 0.6) is 0 Å². The Labute approximate surface area is 100 Å². The summed E-state index contributed by atoms with van der Waals surface area (Å²) in [5.41, 5.74) is 0. The van der Waals surface area contributed by atoms with E-state index in [0.717, 1.165) is 33.0 Å². The van der Waals surface area contributed by atoms with Crippen molar-refractivity contribution in [1.82, 2.24) is 4.90 Å². The van der Waals surface area contributed by atoms with Crippen LogP contribution in [-0.2, 0) is 9.47 Å². The Hall–Kier alpha value is -0.120. The summed E-state index contributed by atoms with van der Waals surface area (Å²) < 4.78 is 11.0. The number of ether oxygens (including phenoxy) is 2. The Bertz CT molecular complexity index is 147. The van der Waals surface area contributed by atoms with Gasteiger partial charge >= 0.3 is 0 Å². The SMILES string of the molecule is CCCCCOCCOCCN1CCCC1. The molecule has 1 saturated heterocycles. The van der Waals surface area contributed by atoms with Crippen molar-refractivity contribution in [1.29, 1.82) is 0 Å². The number of rotatable bonds is 10. The van der Waals surface area contributed by atoms with E-state index in [1.165, 1.54) is 45.2 Å². The lowest BCUT2D eigenvalue weighted by Gasteiger charge is -2.14. The second-order valence-corrected chi connectivity index (χ2v) is 4.48. The summed E-state index contributed by atoms with van der Waals surface area (Å²) in [7, 11) is 0. The Balaban J connectivity index is 1.71. The van der Waals surface area contributed by atoms with Crippen LogP contribution in [0.2, 0.25) is 0 Å². The van der Waals surface area contributed by atoms with Crippen LogP contribution in [0, 0.1) is 0 Å². The first-order valence-electron chi connectivity index (χ1n) is 6.81. The van der Waals surface area contributed by atoms with E-state index in [-0.39, 0.29) is 0 Å². The maximum atomic E-state index is 5.54. The summed E-state index contributed by atoms with van der Waals surface area (Å²) in [5, 5.41) is 0. The molecule has 1 heterocycles. The van der Waals surface area contributed by atoms with Gasteiger partial charge in [0.2, 0.25) is 0 Å². The highest BCUT2D eigenvalue weighted by Gasteiger charge is 2.09. The fourth-order valence-electron chi connectivity index (χ4n) is 1.98. The number of hydrogen-bond acceptors (Lipinski definition) is 3. The van der Waals surface area contributed by atoms with E-state index in [9.17, 15) is 0 Å². The summed E-state index contributed by atoms with van der Waals surface area (Å²) >= 11 is 0. The van der Waals surface area contributed by atoms with Crippen molar-refractivity contribution in [3.05, 3.63) is 0 Å². The van der Waals surface area contributed by atoms with E-state index in [1.807, 2.05) is 0 Å². The van der Waals surface area contributed by atoms with Crippen molar-refractivity contribution in [2.24, 2.45) is 0 Å². The molecule has 1 fully saturated rings. The minimum atomic E-state index is 0.750. The fraction of sp³-hybridized carbons (Fsp3) is 1.00. The lowest BCUT2D eigenvalue weighted by atomic mass is 10.3. The molecule has 3 nitrogen and oxygen atoms in total. The maximum Gasteiger partial charge on any atom is 0.0701 e. The van der Waals surface area contributed by atoms with Gasteiger partial charge in [0.15, 0.2) is 0 Å². The van der Waals surface area contributed by atoms with Crippen molar-refractivity contribution in [2.45, 2.75) is 39.0 Å². The van der Waals surface area contributed by atoms with Gasteiger partial charge < -0.3 is 14.4 Å². The number of hydrogen-bond donors (Lipinski definition) is 0. The van der Waals surface area contributed by atoms with Gasteiger partial charge in [-0.3, -0.25) is 0 Å². The molecule has 1 aliphatic heterocycles. The van der Waals surface area contributed by atoms with Crippen LogP contribution in [0.1, 0.15) is 39.0 Å². The highest BCUT2D eigenvalue weighted by molar-refractivity contribution is 4.64. The third-order valence-electron chi connectivity index (χ3n) is 3.01. The van der Waals surface area contributed by atoms with Crippen LogP contribution >= 0.6 is 0 Å². The van der Waals surface area contributed by atoms with E-state index >= 15 is 0 Å². The molecule has 96 valence electrons. The highest BCUT2D eigenvalue weighted by atomic mass is 16.5. The first-order valence-corrected chi connectivity index (χ1v) is 6.81. The Morgan fingerprint density at radius 1 is 0.875 bits per heavy atom. The third kappa shape index (κ3) is 7.20. The topological polar surface area (TPSA) is 21.7 Å². The highest BCUT2D eigenvalue weighted by Crippen LogP contribution is 2.05. The van der Waals surface area contributed by atoms with Crippen molar-refractivity contribution in [3.8, 4) is 0 Å².